The van der Waals surface area contributed by atoms with Crippen LogP contribution in [0.25, 0.3) is 10.9 Å². The van der Waals surface area contributed by atoms with Gasteiger partial charge in [-0.15, -0.1) is 0 Å². The lowest BCUT2D eigenvalue weighted by atomic mass is 10.1. The average molecular weight is 254 g/mol. The number of hydrogen-bond donors (Lipinski definition) is 1. The Morgan fingerprint density at radius 3 is 2.89 bits per heavy atom. The minimum absolute atomic E-state index is 0.906. The molecular weight excluding hydrogens is 236 g/mol. The van der Waals surface area contributed by atoms with Crippen LogP contribution >= 0.6 is 0 Å². The first-order valence-electron chi connectivity index (χ1n) is 6.55. The molecule has 1 N–H and O–H groups in total. The monoisotopic (exact) mass is 254 g/mol. The molecule has 0 aliphatic rings. The molecule has 0 radical (unpaired) electrons. The molecular formula is C15H18N4. The Kier molecular flexibility index (Phi) is 3.33. The van der Waals surface area contributed by atoms with E-state index in [4.69, 9.17) is 0 Å². The molecule has 1 aromatic carbocycles. The Balaban J connectivity index is 1.86. The highest BCUT2D eigenvalue weighted by atomic mass is 15.1. The molecule has 2 aromatic heterocycles. The van der Waals surface area contributed by atoms with Crippen molar-refractivity contribution in [3.63, 3.8) is 0 Å². The number of aryl methyl sites for hydroxylation is 2. The second-order valence-corrected chi connectivity index (χ2v) is 4.69. The van der Waals surface area contributed by atoms with Crippen molar-refractivity contribution in [2.45, 2.75) is 19.6 Å². The van der Waals surface area contributed by atoms with Gasteiger partial charge in [-0.1, -0.05) is 12.1 Å². The SMILES string of the molecule is CNCc1cccc2c1ccn2CCn1ccnc1. The Bertz CT molecular complexity index is 652. The van der Waals surface area contributed by atoms with Crippen molar-refractivity contribution in [1.82, 2.24) is 19.4 Å². The van der Waals surface area contributed by atoms with Crippen LogP contribution in [0.2, 0.25) is 0 Å². The quantitative estimate of drug-likeness (QED) is 0.758. The van der Waals surface area contributed by atoms with E-state index in [-0.39, 0.29) is 0 Å². The Morgan fingerprint density at radius 1 is 1.16 bits per heavy atom. The van der Waals surface area contributed by atoms with Crippen LogP contribution in [0.5, 0.6) is 0 Å². The fraction of sp³-hybridized carbons (Fsp3) is 0.267. The van der Waals surface area contributed by atoms with Crippen LogP contribution in [0, 0.1) is 0 Å². The van der Waals surface area contributed by atoms with Crippen molar-refractivity contribution in [2.24, 2.45) is 0 Å². The summed E-state index contributed by atoms with van der Waals surface area (Å²) in [5.74, 6) is 0. The predicted molar refractivity (Wildman–Crippen MR) is 76.9 cm³/mol. The summed E-state index contributed by atoms with van der Waals surface area (Å²) in [7, 11) is 1.98. The van der Waals surface area contributed by atoms with Gasteiger partial charge in [0.1, 0.15) is 0 Å². The van der Waals surface area contributed by atoms with Crippen molar-refractivity contribution in [2.75, 3.05) is 7.05 Å². The van der Waals surface area contributed by atoms with E-state index in [0.717, 1.165) is 19.6 Å². The van der Waals surface area contributed by atoms with Gasteiger partial charge in [0.2, 0.25) is 0 Å². The third-order valence-corrected chi connectivity index (χ3v) is 3.43. The number of benzene rings is 1. The number of nitrogens with zero attached hydrogens (tertiary/aromatic N) is 3. The molecule has 0 aliphatic carbocycles. The molecule has 98 valence electrons. The van der Waals surface area contributed by atoms with Gasteiger partial charge >= 0.3 is 0 Å². The highest BCUT2D eigenvalue weighted by Gasteiger charge is 2.04. The molecule has 0 bridgehead atoms. The summed E-state index contributed by atoms with van der Waals surface area (Å²) in [5.41, 5.74) is 2.65. The fourth-order valence-electron chi connectivity index (χ4n) is 2.47. The summed E-state index contributed by atoms with van der Waals surface area (Å²) in [6, 6.07) is 8.69. The van der Waals surface area contributed by atoms with Crippen molar-refractivity contribution >= 4 is 10.9 Å². The van der Waals surface area contributed by atoms with Gasteiger partial charge in [0.25, 0.3) is 0 Å². The van der Waals surface area contributed by atoms with Crippen LogP contribution in [0.3, 0.4) is 0 Å². The smallest absolute Gasteiger partial charge is 0.0946 e. The van der Waals surface area contributed by atoms with Crippen molar-refractivity contribution in [3.05, 3.63) is 54.7 Å². The van der Waals surface area contributed by atoms with Crippen LogP contribution in [-0.2, 0) is 19.6 Å². The van der Waals surface area contributed by atoms with E-state index in [2.05, 4.69) is 49.9 Å². The van der Waals surface area contributed by atoms with Crippen LogP contribution in [0.15, 0.2) is 49.2 Å². The van der Waals surface area contributed by atoms with Crippen LogP contribution < -0.4 is 5.32 Å². The molecule has 19 heavy (non-hydrogen) atoms. The highest BCUT2D eigenvalue weighted by molar-refractivity contribution is 5.83. The largest absolute Gasteiger partial charge is 0.346 e. The van der Waals surface area contributed by atoms with Crippen molar-refractivity contribution < 1.29 is 0 Å². The van der Waals surface area contributed by atoms with E-state index in [0.29, 0.717) is 0 Å². The summed E-state index contributed by atoms with van der Waals surface area (Å²) in [6.07, 6.45) is 7.84. The van der Waals surface area contributed by atoms with Gasteiger partial charge in [0.05, 0.1) is 6.33 Å². The predicted octanol–water partition coefficient (Wildman–Crippen LogP) is 2.26. The zero-order chi connectivity index (χ0) is 13.1. The molecule has 2 heterocycles. The van der Waals surface area contributed by atoms with E-state index in [9.17, 15) is 0 Å². The maximum absolute atomic E-state index is 4.07. The molecule has 0 amide bonds. The molecule has 0 aliphatic heterocycles. The summed E-state index contributed by atoms with van der Waals surface area (Å²) in [4.78, 5) is 4.07. The molecule has 4 heteroatoms. The van der Waals surface area contributed by atoms with E-state index in [1.54, 1.807) is 0 Å². The van der Waals surface area contributed by atoms with E-state index in [1.165, 1.54) is 16.5 Å². The molecule has 0 atom stereocenters. The zero-order valence-electron chi connectivity index (χ0n) is 11.1. The second kappa shape index (κ2) is 5.28. The van der Waals surface area contributed by atoms with Crippen LogP contribution in [0.1, 0.15) is 5.56 Å². The number of aromatic nitrogens is 3. The first-order chi connectivity index (χ1) is 9.38. The summed E-state index contributed by atoms with van der Waals surface area (Å²) in [6.45, 7) is 2.81. The third kappa shape index (κ3) is 2.39. The normalized spacial score (nSPS) is 11.2. The van der Waals surface area contributed by atoms with Gasteiger partial charge in [0.15, 0.2) is 0 Å². The van der Waals surface area contributed by atoms with Gasteiger partial charge in [-0.25, -0.2) is 4.98 Å². The zero-order valence-corrected chi connectivity index (χ0v) is 11.1. The fourth-order valence-corrected chi connectivity index (χ4v) is 2.47. The third-order valence-electron chi connectivity index (χ3n) is 3.43. The molecule has 0 saturated heterocycles. The minimum atomic E-state index is 0.906. The van der Waals surface area contributed by atoms with E-state index >= 15 is 0 Å². The Morgan fingerprint density at radius 2 is 2.11 bits per heavy atom. The lowest BCUT2D eigenvalue weighted by Gasteiger charge is -2.07. The lowest BCUT2D eigenvalue weighted by molar-refractivity contribution is 0.592. The minimum Gasteiger partial charge on any atom is -0.346 e. The Hall–Kier alpha value is -2.07. The maximum atomic E-state index is 4.07. The van der Waals surface area contributed by atoms with Crippen LogP contribution in [0.4, 0.5) is 0 Å². The number of fused-ring (bicyclic) bond motifs is 1. The van der Waals surface area contributed by atoms with E-state index in [1.807, 2.05) is 25.8 Å². The standard InChI is InChI=1S/C15H18N4/c1-16-11-13-3-2-4-15-14(13)5-7-19(15)10-9-18-8-6-17-12-18/h2-8,12,16H,9-11H2,1H3. The molecule has 0 fully saturated rings. The second-order valence-electron chi connectivity index (χ2n) is 4.69. The van der Waals surface area contributed by atoms with Gasteiger partial charge < -0.3 is 14.5 Å². The summed E-state index contributed by atoms with van der Waals surface area (Å²) >= 11 is 0. The number of nitrogens with one attached hydrogen (secondary N) is 1. The van der Waals surface area contributed by atoms with Crippen molar-refractivity contribution in [1.29, 1.82) is 0 Å². The number of rotatable bonds is 5. The molecule has 3 aromatic rings. The molecule has 0 spiro atoms. The van der Waals surface area contributed by atoms with Crippen molar-refractivity contribution in [3.8, 4) is 0 Å². The average Bonchev–Trinajstić information content (AvgIpc) is 3.06. The van der Waals surface area contributed by atoms with Gasteiger partial charge in [-0.2, -0.15) is 0 Å². The van der Waals surface area contributed by atoms with Crippen LogP contribution in [-0.4, -0.2) is 21.2 Å². The number of hydrogen-bond acceptors (Lipinski definition) is 2. The Labute approximate surface area is 112 Å². The first-order valence-corrected chi connectivity index (χ1v) is 6.55. The lowest BCUT2D eigenvalue weighted by Crippen LogP contribution is -2.06. The van der Waals surface area contributed by atoms with Gasteiger partial charge in [-0.05, 0) is 24.7 Å². The number of imidazole rings is 1. The summed E-state index contributed by atoms with van der Waals surface area (Å²) in [5, 5.41) is 4.55. The van der Waals surface area contributed by atoms with E-state index < -0.39 is 0 Å². The van der Waals surface area contributed by atoms with Gasteiger partial charge in [0, 0.05) is 49.1 Å². The highest BCUT2D eigenvalue weighted by Crippen LogP contribution is 2.20. The molecule has 3 rings (SSSR count). The van der Waals surface area contributed by atoms with Gasteiger partial charge in [-0.3, -0.25) is 0 Å². The molecule has 0 unspecified atom stereocenters. The topological polar surface area (TPSA) is 34.8 Å². The molecule has 0 saturated carbocycles. The molecule has 4 nitrogen and oxygen atoms in total. The summed E-state index contributed by atoms with van der Waals surface area (Å²) < 4.78 is 4.40. The maximum Gasteiger partial charge on any atom is 0.0946 e. The first kappa shape index (κ1) is 12.0.